The highest BCUT2D eigenvalue weighted by Crippen LogP contribution is 2.42. The number of nitrogens with two attached hydrogens (primary N) is 2. The molecular weight excluding hydrogens is 869 g/mol. The molecule has 0 atom stereocenters. The summed E-state index contributed by atoms with van der Waals surface area (Å²) in [6.45, 7) is 10.1. The quantitative estimate of drug-likeness (QED) is 0.0660. The number of fused-ring (bicyclic) bond motifs is 1. The molecule has 7 N–H and O–H groups in total. The van der Waals surface area contributed by atoms with E-state index in [4.69, 9.17) is 35.5 Å². The van der Waals surface area contributed by atoms with Gasteiger partial charge in [0.25, 0.3) is 10.0 Å². The van der Waals surface area contributed by atoms with Crippen LogP contribution in [0.15, 0.2) is 27.5 Å². The summed E-state index contributed by atoms with van der Waals surface area (Å²) in [6, 6.07) is 5.07. The summed E-state index contributed by atoms with van der Waals surface area (Å²) in [6.07, 6.45) is 1.40. The zero-order valence-corrected chi connectivity index (χ0v) is 39.7. The number of guanidine groups is 1. The normalized spacial score (nSPS) is 13.4. The van der Waals surface area contributed by atoms with Gasteiger partial charge in [-0.05, 0) is 109 Å². The second kappa shape index (κ2) is 22.6. The molecule has 2 aromatic carbocycles. The molecule has 0 unspecified atom stereocenters. The fraction of sp³-hybridized carbons (Fsp3) is 0.558. The lowest BCUT2D eigenvalue weighted by Crippen LogP contribution is -2.50. The zero-order valence-electron chi connectivity index (χ0n) is 38.9. The Bertz CT molecular complexity index is 2260. The van der Waals surface area contributed by atoms with E-state index in [2.05, 4.69) is 15.0 Å². The smallest absolute Gasteiger partial charge is 0.326 e. The Morgan fingerprint density at radius 3 is 2.08 bits per heavy atom. The summed E-state index contributed by atoms with van der Waals surface area (Å²) in [4.78, 5) is 78.7. The van der Waals surface area contributed by atoms with Gasteiger partial charge >= 0.3 is 11.9 Å². The van der Waals surface area contributed by atoms with Crippen molar-refractivity contribution in [1.82, 2.24) is 25.3 Å². The van der Waals surface area contributed by atoms with Gasteiger partial charge in [0, 0.05) is 31.3 Å². The van der Waals surface area contributed by atoms with E-state index in [1.165, 1.54) is 19.1 Å². The van der Waals surface area contributed by atoms with Crippen LogP contribution >= 0.6 is 0 Å². The van der Waals surface area contributed by atoms with Crippen molar-refractivity contribution in [2.45, 2.75) is 97.3 Å². The van der Waals surface area contributed by atoms with Gasteiger partial charge in [0.05, 0.1) is 38.7 Å². The molecule has 0 fully saturated rings. The molecule has 3 rings (SSSR count). The molecule has 1 aliphatic heterocycles. The standard InChI is InChI=1S/C43H64N8O13S/c1-26-27(2)40(28(3)31-14-15-43(7,8)64-39(26)31)65(59,60)48-41(45)50(22-29-12-13-30(61-9)18-32(29)62-10)17-11-16-49(35(54)19-44)23-33(52)46-20-36(55)51(24-34(53)47-21-37(56)57)25-38(58)63-42(4,5)6/h12-13,18H,11,14-17,19-25,44H2,1-10H3,(H2,45,48)(H,46,52)(H,47,53)(H,56,57). The van der Waals surface area contributed by atoms with Crippen LogP contribution in [-0.2, 0) is 56.5 Å². The number of carbonyl (C=O) groups is 6. The SMILES string of the molecule is COc1ccc(CN(CCCN(CC(=O)NCC(=O)N(CC(=O)NCC(=O)O)CC(=O)OC(C)(C)C)C(=O)CN)/C(N)=N/S(=O)(=O)c2c(C)c(C)c3c(c2C)CCC(C)(C)O3)c(OC)c1. The van der Waals surface area contributed by atoms with E-state index in [0.29, 0.717) is 52.3 Å². The highest BCUT2D eigenvalue weighted by atomic mass is 32.2. The lowest BCUT2D eigenvalue weighted by molar-refractivity contribution is -0.159. The molecule has 22 heteroatoms. The summed E-state index contributed by atoms with van der Waals surface area (Å²) in [7, 11) is -1.45. The van der Waals surface area contributed by atoms with Crippen LogP contribution in [0, 0.1) is 20.8 Å². The van der Waals surface area contributed by atoms with Crippen molar-refractivity contribution >= 4 is 51.6 Å². The molecule has 0 radical (unpaired) electrons. The largest absolute Gasteiger partial charge is 0.497 e. The molecule has 0 bridgehead atoms. The molecule has 65 heavy (non-hydrogen) atoms. The second-order valence-corrected chi connectivity index (χ2v) is 18.6. The highest BCUT2D eigenvalue weighted by molar-refractivity contribution is 7.90. The number of hydrogen-bond donors (Lipinski definition) is 5. The predicted molar refractivity (Wildman–Crippen MR) is 239 cm³/mol. The van der Waals surface area contributed by atoms with E-state index >= 15 is 0 Å². The Morgan fingerprint density at radius 1 is 0.877 bits per heavy atom. The van der Waals surface area contributed by atoms with Crippen LogP contribution in [0.25, 0.3) is 0 Å². The van der Waals surface area contributed by atoms with Crippen LogP contribution in [0.4, 0.5) is 0 Å². The lowest BCUT2D eigenvalue weighted by Gasteiger charge is -2.35. The van der Waals surface area contributed by atoms with E-state index in [9.17, 15) is 37.2 Å². The van der Waals surface area contributed by atoms with Gasteiger partial charge in [0.1, 0.15) is 48.1 Å². The van der Waals surface area contributed by atoms with Crippen molar-refractivity contribution in [2.24, 2.45) is 15.9 Å². The summed E-state index contributed by atoms with van der Waals surface area (Å²) in [5, 5.41) is 13.4. The van der Waals surface area contributed by atoms with Gasteiger partial charge in [0.2, 0.25) is 29.6 Å². The predicted octanol–water partition coefficient (Wildman–Crippen LogP) is 0.903. The van der Waals surface area contributed by atoms with Crippen LogP contribution in [0.5, 0.6) is 17.2 Å². The van der Waals surface area contributed by atoms with Crippen LogP contribution in [0.3, 0.4) is 0 Å². The minimum absolute atomic E-state index is 0.00365. The zero-order chi connectivity index (χ0) is 49.0. The lowest BCUT2D eigenvalue weighted by atomic mass is 9.88. The third kappa shape index (κ3) is 15.5. The molecule has 1 heterocycles. The Labute approximate surface area is 380 Å². The van der Waals surface area contributed by atoms with Crippen molar-refractivity contribution in [3.05, 3.63) is 46.0 Å². The minimum Gasteiger partial charge on any atom is -0.497 e. The highest BCUT2D eigenvalue weighted by Gasteiger charge is 2.34. The topological polar surface area (TPSA) is 292 Å². The van der Waals surface area contributed by atoms with Gasteiger partial charge in [-0.1, -0.05) is 0 Å². The van der Waals surface area contributed by atoms with Crippen LogP contribution < -0.4 is 36.3 Å². The fourth-order valence-electron chi connectivity index (χ4n) is 6.98. The summed E-state index contributed by atoms with van der Waals surface area (Å²) < 4.78 is 55.1. The molecule has 0 spiro atoms. The number of carboxylic acid groups (broad SMARTS) is 1. The third-order valence-electron chi connectivity index (χ3n) is 10.3. The van der Waals surface area contributed by atoms with Gasteiger partial charge in [0.15, 0.2) is 0 Å². The molecule has 21 nitrogen and oxygen atoms in total. The number of nitrogens with zero attached hydrogens (tertiary/aromatic N) is 4. The fourth-order valence-corrected chi connectivity index (χ4v) is 8.48. The molecule has 0 aromatic heterocycles. The maximum atomic E-state index is 14.2. The number of aliphatic carboxylic acids is 1. The number of esters is 1. The van der Waals surface area contributed by atoms with Crippen LogP contribution in [0.2, 0.25) is 0 Å². The van der Waals surface area contributed by atoms with E-state index in [1.54, 1.807) is 52.8 Å². The first-order valence-corrected chi connectivity index (χ1v) is 22.3. The third-order valence-corrected chi connectivity index (χ3v) is 11.9. The Balaban J connectivity index is 1.86. The van der Waals surface area contributed by atoms with E-state index in [1.807, 2.05) is 20.8 Å². The van der Waals surface area contributed by atoms with E-state index < -0.39 is 96.1 Å². The number of ether oxygens (including phenoxy) is 4. The monoisotopic (exact) mass is 932 g/mol. The Kier molecular flexibility index (Phi) is 18.5. The Morgan fingerprint density at radius 2 is 1.49 bits per heavy atom. The van der Waals surface area contributed by atoms with Gasteiger partial charge in [-0.25, -0.2) is 0 Å². The number of carbonyl (C=O) groups excluding carboxylic acids is 5. The summed E-state index contributed by atoms with van der Waals surface area (Å²) in [5.41, 5.74) is 14.0. The molecular formula is C43H64N8O13S. The van der Waals surface area contributed by atoms with E-state index in [0.717, 1.165) is 15.4 Å². The minimum atomic E-state index is -4.41. The van der Waals surface area contributed by atoms with Crippen molar-refractivity contribution in [3.63, 3.8) is 0 Å². The number of rotatable bonds is 21. The number of amides is 4. The van der Waals surface area contributed by atoms with Crippen molar-refractivity contribution in [1.29, 1.82) is 0 Å². The second-order valence-electron chi connectivity index (χ2n) is 17.1. The number of nitrogens with one attached hydrogen (secondary N) is 2. The molecule has 360 valence electrons. The summed E-state index contributed by atoms with van der Waals surface area (Å²) >= 11 is 0. The molecule has 0 aliphatic carbocycles. The maximum absolute atomic E-state index is 14.2. The summed E-state index contributed by atoms with van der Waals surface area (Å²) in [5.74, 6) is -4.12. The molecule has 0 saturated carbocycles. The van der Waals surface area contributed by atoms with Crippen LogP contribution in [0.1, 0.15) is 75.3 Å². The first-order valence-electron chi connectivity index (χ1n) is 20.8. The van der Waals surface area contributed by atoms with Crippen LogP contribution in [-0.4, -0.2) is 148 Å². The maximum Gasteiger partial charge on any atom is 0.326 e. The van der Waals surface area contributed by atoms with Crippen molar-refractivity contribution < 1.29 is 61.2 Å². The Hall–Kier alpha value is -6.16. The molecule has 0 saturated heterocycles. The molecule has 4 amide bonds. The number of sulfonamides is 1. The van der Waals surface area contributed by atoms with Gasteiger partial charge in [-0.2, -0.15) is 8.42 Å². The molecule has 1 aliphatic rings. The number of carboxylic acids is 1. The number of benzene rings is 2. The molecule has 2 aromatic rings. The van der Waals surface area contributed by atoms with Crippen molar-refractivity contribution in [3.8, 4) is 17.2 Å². The number of hydrogen-bond acceptors (Lipinski definition) is 13. The van der Waals surface area contributed by atoms with E-state index in [-0.39, 0.29) is 36.9 Å². The van der Waals surface area contributed by atoms with Gasteiger partial charge in [-0.15, -0.1) is 4.40 Å². The van der Waals surface area contributed by atoms with Gasteiger partial charge < -0.3 is 60.9 Å². The van der Waals surface area contributed by atoms with Gasteiger partial charge in [-0.3, -0.25) is 28.8 Å². The average molecular weight is 933 g/mol. The van der Waals surface area contributed by atoms with Crippen molar-refractivity contribution in [2.75, 3.05) is 66.6 Å². The average Bonchev–Trinajstić information content (AvgIpc) is 3.21. The number of methoxy groups -OCH3 is 2. The first-order chi connectivity index (χ1) is 30.2. The first kappa shape index (κ1) is 53.2.